The maximum Gasteiger partial charge on any atom is 0.232 e. The summed E-state index contributed by atoms with van der Waals surface area (Å²) in [7, 11) is 3.19. The third-order valence-electron chi connectivity index (χ3n) is 5.04. The lowest BCUT2D eigenvalue weighted by Gasteiger charge is -2.12. The quantitative estimate of drug-likeness (QED) is 0.549. The van der Waals surface area contributed by atoms with Crippen LogP contribution in [0.4, 0.5) is 5.82 Å². The van der Waals surface area contributed by atoms with Gasteiger partial charge in [-0.15, -0.1) is 0 Å². The zero-order valence-electron chi connectivity index (χ0n) is 18.2. The Hall–Kier alpha value is -3.28. The minimum Gasteiger partial charge on any atom is -0.493 e. The van der Waals surface area contributed by atoms with Gasteiger partial charge in [-0.1, -0.05) is 38.1 Å². The van der Waals surface area contributed by atoms with E-state index >= 15 is 0 Å². The molecular formula is C24H29N3O3. The predicted molar refractivity (Wildman–Crippen MR) is 119 cm³/mol. The molecule has 0 aliphatic rings. The molecule has 0 aliphatic heterocycles. The highest BCUT2D eigenvalue weighted by atomic mass is 16.5. The Labute approximate surface area is 177 Å². The van der Waals surface area contributed by atoms with Crippen molar-refractivity contribution in [2.75, 3.05) is 19.5 Å². The summed E-state index contributed by atoms with van der Waals surface area (Å²) in [4.78, 5) is 12.7. The molecule has 2 N–H and O–H groups in total. The van der Waals surface area contributed by atoms with Crippen molar-refractivity contribution in [3.8, 4) is 22.8 Å². The van der Waals surface area contributed by atoms with Crippen molar-refractivity contribution < 1.29 is 14.3 Å². The first kappa shape index (κ1) is 21.4. The van der Waals surface area contributed by atoms with E-state index in [2.05, 4.69) is 41.5 Å². The molecule has 1 heterocycles. The fraction of sp³-hybridized carbons (Fsp3) is 0.333. The van der Waals surface area contributed by atoms with Crippen LogP contribution in [0.5, 0.6) is 11.5 Å². The number of aromatic amines is 1. The highest BCUT2D eigenvalue weighted by molar-refractivity contribution is 5.95. The third-order valence-corrected chi connectivity index (χ3v) is 5.04. The van der Waals surface area contributed by atoms with Crippen molar-refractivity contribution >= 4 is 11.7 Å². The maximum atomic E-state index is 12.7. The lowest BCUT2D eigenvalue weighted by atomic mass is 9.96. The van der Waals surface area contributed by atoms with Gasteiger partial charge in [0.15, 0.2) is 17.3 Å². The van der Waals surface area contributed by atoms with Crippen molar-refractivity contribution in [1.29, 1.82) is 0 Å². The number of benzene rings is 2. The smallest absolute Gasteiger partial charge is 0.232 e. The Bertz CT molecular complexity index is 993. The number of ether oxygens (including phenoxy) is 2. The Morgan fingerprint density at radius 1 is 1.00 bits per heavy atom. The molecule has 2 aromatic carbocycles. The van der Waals surface area contributed by atoms with Gasteiger partial charge in [0.25, 0.3) is 0 Å². The second-order valence-corrected chi connectivity index (χ2v) is 7.79. The molecule has 6 heteroatoms. The summed E-state index contributed by atoms with van der Waals surface area (Å²) in [6, 6.07) is 15.7. The van der Waals surface area contributed by atoms with Crippen LogP contribution in [0.1, 0.15) is 37.8 Å². The van der Waals surface area contributed by atoms with Gasteiger partial charge in [0.2, 0.25) is 5.91 Å². The van der Waals surface area contributed by atoms with Gasteiger partial charge in [0.1, 0.15) is 0 Å². The average Bonchev–Trinajstić information content (AvgIpc) is 3.21. The summed E-state index contributed by atoms with van der Waals surface area (Å²) in [5, 5.41) is 10.1. The number of nitrogens with one attached hydrogen (secondary N) is 2. The summed E-state index contributed by atoms with van der Waals surface area (Å²) in [6.45, 7) is 6.29. The number of H-pyrrole nitrogens is 1. The molecule has 0 bridgehead atoms. The molecule has 1 atom stereocenters. The average molecular weight is 408 g/mol. The monoisotopic (exact) mass is 407 g/mol. The fourth-order valence-corrected chi connectivity index (χ4v) is 3.34. The van der Waals surface area contributed by atoms with Crippen LogP contribution in [0, 0.1) is 5.92 Å². The van der Waals surface area contributed by atoms with Crippen LogP contribution in [0.3, 0.4) is 0 Å². The van der Waals surface area contributed by atoms with E-state index in [-0.39, 0.29) is 11.8 Å². The van der Waals surface area contributed by atoms with E-state index in [1.165, 1.54) is 5.56 Å². The zero-order chi connectivity index (χ0) is 21.7. The molecule has 3 aromatic rings. The molecule has 3 rings (SSSR count). The van der Waals surface area contributed by atoms with Crippen molar-refractivity contribution in [3.05, 3.63) is 59.7 Å². The molecule has 1 aromatic heterocycles. The van der Waals surface area contributed by atoms with E-state index in [9.17, 15) is 4.79 Å². The van der Waals surface area contributed by atoms with Gasteiger partial charge in [-0.2, -0.15) is 5.10 Å². The molecule has 0 spiro atoms. The summed E-state index contributed by atoms with van der Waals surface area (Å²) < 4.78 is 10.6. The number of nitrogens with zero attached hydrogens (tertiary/aromatic N) is 1. The predicted octanol–water partition coefficient (Wildman–Crippen LogP) is 5.03. The number of hydrogen-bond donors (Lipinski definition) is 2. The van der Waals surface area contributed by atoms with E-state index in [4.69, 9.17) is 9.47 Å². The highest BCUT2D eigenvalue weighted by Crippen LogP contribution is 2.32. The summed E-state index contributed by atoms with van der Waals surface area (Å²) in [6.07, 6.45) is 1.03. The van der Waals surface area contributed by atoms with Crippen LogP contribution >= 0.6 is 0 Å². The maximum absolute atomic E-state index is 12.7. The van der Waals surface area contributed by atoms with Gasteiger partial charge in [-0.25, -0.2) is 0 Å². The van der Waals surface area contributed by atoms with Gasteiger partial charge >= 0.3 is 0 Å². The molecule has 1 amide bonds. The normalized spacial score (nSPS) is 11.9. The van der Waals surface area contributed by atoms with E-state index in [1.54, 1.807) is 20.3 Å². The van der Waals surface area contributed by atoms with Gasteiger partial charge in [-0.05, 0) is 48.6 Å². The van der Waals surface area contributed by atoms with Crippen LogP contribution in [0.25, 0.3) is 11.3 Å². The zero-order valence-corrected chi connectivity index (χ0v) is 18.2. The number of hydrogen-bond acceptors (Lipinski definition) is 4. The molecular weight excluding hydrogens is 378 g/mol. The van der Waals surface area contributed by atoms with Gasteiger partial charge < -0.3 is 14.8 Å². The van der Waals surface area contributed by atoms with Crippen LogP contribution in [0.15, 0.2) is 48.5 Å². The number of methoxy groups -OCH3 is 2. The second-order valence-electron chi connectivity index (χ2n) is 7.79. The Balaban J connectivity index is 1.68. The molecule has 0 aliphatic carbocycles. The molecule has 30 heavy (non-hydrogen) atoms. The third kappa shape index (κ3) is 5.00. The number of anilines is 1. The van der Waals surface area contributed by atoms with E-state index in [0.29, 0.717) is 23.2 Å². The first-order chi connectivity index (χ1) is 14.4. The second kappa shape index (κ2) is 9.48. The number of rotatable bonds is 8. The number of carbonyl (C=O) groups excluding carboxylic acids is 1. The topological polar surface area (TPSA) is 76.2 Å². The minimum atomic E-state index is -0.278. The van der Waals surface area contributed by atoms with Crippen molar-refractivity contribution in [2.45, 2.75) is 33.1 Å². The van der Waals surface area contributed by atoms with Crippen molar-refractivity contribution in [1.82, 2.24) is 10.2 Å². The molecule has 0 saturated heterocycles. The summed E-state index contributed by atoms with van der Waals surface area (Å²) >= 11 is 0. The number of aromatic nitrogens is 2. The highest BCUT2D eigenvalue weighted by Gasteiger charge is 2.17. The van der Waals surface area contributed by atoms with E-state index < -0.39 is 0 Å². The van der Waals surface area contributed by atoms with Crippen molar-refractivity contribution in [2.24, 2.45) is 5.92 Å². The molecule has 6 nitrogen and oxygen atoms in total. The largest absolute Gasteiger partial charge is 0.493 e. The van der Waals surface area contributed by atoms with Crippen molar-refractivity contribution in [3.63, 3.8) is 0 Å². The molecule has 0 fully saturated rings. The molecule has 0 saturated carbocycles. The van der Waals surface area contributed by atoms with Crippen LogP contribution in [0.2, 0.25) is 0 Å². The first-order valence-corrected chi connectivity index (χ1v) is 10.1. The minimum absolute atomic E-state index is 0.100. The van der Waals surface area contributed by atoms with Crippen LogP contribution in [-0.2, 0) is 11.2 Å². The Morgan fingerprint density at radius 3 is 2.33 bits per heavy atom. The van der Waals surface area contributed by atoms with E-state index in [1.807, 2.05) is 37.3 Å². The number of amides is 1. The Morgan fingerprint density at radius 2 is 1.70 bits per heavy atom. The Kier molecular flexibility index (Phi) is 6.77. The SMILES string of the molecule is COc1ccc(-c2cc(NC(=O)C(C)c3ccc(CC(C)C)cc3)n[nH]2)cc1OC. The standard InChI is InChI=1S/C24H29N3O3/c1-15(2)12-17-6-8-18(9-7-17)16(3)24(28)25-23-14-20(26-27-23)19-10-11-21(29-4)22(13-19)30-5/h6-11,13-16H,12H2,1-5H3,(H2,25,26,27,28). The summed E-state index contributed by atoms with van der Waals surface area (Å²) in [5.41, 5.74) is 3.93. The summed E-state index contributed by atoms with van der Waals surface area (Å²) in [5.74, 6) is 1.99. The van der Waals surface area contributed by atoms with Gasteiger partial charge in [-0.3, -0.25) is 9.89 Å². The fourth-order valence-electron chi connectivity index (χ4n) is 3.34. The lowest BCUT2D eigenvalue weighted by Crippen LogP contribution is -2.19. The molecule has 158 valence electrons. The first-order valence-electron chi connectivity index (χ1n) is 10.1. The van der Waals surface area contributed by atoms with Crippen LogP contribution in [-0.4, -0.2) is 30.3 Å². The molecule has 0 radical (unpaired) electrons. The van der Waals surface area contributed by atoms with Gasteiger partial charge in [0, 0.05) is 11.6 Å². The number of carbonyl (C=O) groups is 1. The molecule has 1 unspecified atom stereocenters. The van der Waals surface area contributed by atoms with E-state index in [0.717, 1.165) is 23.2 Å². The van der Waals surface area contributed by atoms with Gasteiger partial charge in [0.05, 0.1) is 25.8 Å². The van der Waals surface area contributed by atoms with Crippen LogP contribution < -0.4 is 14.8 Å². The lowest BCUT2D eigenvalue weighted by molar-refractivity contribution is -0.117.